The number of likely N-dealkylation sites (tertiary alicyclic amines) is 1. The number of nitrogens with zero attached hydrogens (tertiary/aromatic N) is 1. The lowest BCUT2D eigenvalue weighted by Crippen LogP contribution is -2.43. The highest BCUT2D eigenvalue weighted by atomic mass is 15.2. The first-order chi connectivity index (χ1) is 9.58. The second-order valence-electron chi connectivity index (χ2n) is 6.05. The Balaban J connectivity index is 1.95. The summed E-state index contributed by atoms with van der Waals surface area (Å²) in [6, 6.07) is 6.54. The first-order valence-electron chi connectivity index (χ1n) is 7.45. The molecule has 0 spiro atoms. The molecule has 0 unspecified atom stereocenters. The molecule has 111 valence electrons. The second-order valence-corrected chi connectivity index (χ2v) is 6.05. The minimum Gasteiger partial charge on any atom is -0.397 e. The Kier molecular flexibility index (Phi) is 5.26. The molecule has 0 aliphatic carbocycles. The molecule has 1 heterocycles. The van der Waals surface area contributed by atoms with Crippen LogP contribution >= 0.6 is 0 Å². The maximum atomic E-state index is 6.09. The van der Waals surface area contributed by atoms with Crippen molar-refractivity contribution in [2.75, 3.05) is 30.7 Å². The third kappa shape index (κ3) is 4.12. The molecule has 1 saturated heterocycles. The van der Waals surface area contributed by atoms with Crippen molar-refractivity contribution in [3.8, 4) is 0 Å². The van der Waals surface area contributed by atoms with Crippen LogP contribution in [0.2, 0.25) is 0 Å². The number of hydrogen-bond donors (Lipinski definition) is 3. The third-order valence-electron chi connectivity index (χ3n) is 3.76. The number of nitrogens with two attached hydrogens (primary N) is 2. The molecule has 4 heteroatoms. The summed E-state index contributed by atoms with van der Waals surface area (Å²) in [7, 11) is 0. The van der Waals surface area contributed by atoms with Gasteiger partial charge >= 0.3 is 0 Å². The molecule has 0 aromatic heterocycles. The van der Waals surface area contributed by atoms with Crippen LogP contribution in [0.3, 0.4) is 0 Å². The van der Waals surface area contributed by atoms with Gasteiger partial charge in [0.05, 0.1) is 11.4 Å². The van der Waals surface area contributed by atoms with Crippen molar-refractivity contribution >= 4 is 11.4 Å². The zero-order chi connectivity index (χ0) is 14.5. The zero-order valence-corrected chi connectivity index (χ0v) is 12.7. The van der Waals surface area contributed by atoms with Crippen molar-refractivity contribution in [1.82, 2.24) is 4.90 Å². The molecule has 2 rings (SSSR count). The van der Waals surface area contributed by atoms with Gasteiger partial charge in [0, 0.05) is 25.7 Å². The lowest BCUT2D eigenvalue weighted by molar-refractivity contribution is 0.224. The fourth-order valence-electron chi connectivity index (χ4n) is 2.85. The number of nitrogens with one attached hydrogen (secondary N) is 1. The summed E-state index contributed by atoms with van der Waals surface area (Å²) in [5.41, 5.74) is 14.6. The van der Waals surface area contributed by atoms with Crippen molar-refractivity contribution in [3.63, 3.8) is 0 Å². The van der Waals surface area contributed by atoms with Gasteiger partial charge in [-0.05, 0) is 43.0 Å². The normalized spacial score (nSPS) is 20.3. The summed E-state index contributed by atoms with van der Waals surface area (Å²) in [6.45, 7) is 8.31. The van der Waals surface area contributed by atoms with Gasteiger partial charge in [-0.15, -0.1) is 0 Å². The first kappa shape index (κ1) is 15.1. The second kappa shape index (κ2) is 6.95. The van der Waals surface area contributed by atoms with E-state index >= 15 is 0 Å². The smallest absolute Gasteiger partial charge is 0.0576 e. The fourth-order valence-corrected chi connectivity index (χ4v) is 2.85. The molecular weight excluding hydrogens is 248 g/mol. The summed E-state index contributed by atoms with van der Waals surface area (Å²) >= 11 is 0. The highest BCUT2D eigenvalue weighted by Gasteiger charge is 2.20. The van der Waals surface area contributed by atoms with E-state index in [1.54, 1.807) is 0 Å². The van der Waals surface area contributed by atoms with E-state index in [4.69, 9.17) is 11.5 Å². The molecule has 1 aromatic carbocycles. The van der Waals surface area contributed by atoms with Gasteiger partial charge in [-0.25, -0.2) is 0 Å². The Bertz CT molecular complexity index is 430. The molecule has 1 fully saturated rings. The number of hydrogen-bond acceptors (Lipinski definition) is 4. The highest BCUT2D eigenvalue weighted by molar-refractivity contribution is 5.67. The van der Waals surface area contributed by atoms with Crippen molar-refractivity contribution in [2.24, 2.45) is 5.73 Å². The molecule has 1 radical (unpaired) electrons. The van der Waals surface area contributed by atoms with Crippen LogP contribution in [0.1, 0.15) is 32.3 Å². The van der Waals surface area contributed by atoms with Gasteiger partial charge in [0.15, 0.2) is 0 Å². The molecular formula is C16H27N4. The average Bonchev–Trinajstić information content (AvgIpc) is 2.41. The van der Waals surface area contributed by atoms with Crippen LogP contribution in [0, 0.1) is 5.92 Å². The van der Waals surface area contributed by atoms with Gasteiger partial charge in [0.2, 0.25) is 0 Å². The highest BCUT2D eigenvalue weighted by Crippen LogP contribution is 2.23. The van der Waals surface area contributed by atoms with Crippen molar-refractivity contribution in [1.29, 1.82) is 0 Å². The van der Waals surface area contributed by atoms with E-state index in [-0.39, 0.29) is 0 Å². The van der Waals surface area contributed by atoms with Crippen LogP contribution in [0.4, 0.5) is 11.4 Å². The molecule has 5 N–H and O–H groups in total. The standard InChI is InChI=1S/C16H27N4/c1-12(2)10-20-7-3-4-14(11-20)19-16-6-5-13(9-17)8-15(16)18/h5-6,8,14,19H,3-4,7,9-11,17-18H2,1-2H3/t14-/m0/s1. The minimum atomic E-state index is 0.481. The van der Waals surface area contributed by atoms with Crippen LogP contribution in [0.25, 0.3) is 0 Å². The minimum absolute atomic E-state index is 0.481. The van der Waals surface area contributed by atoms with E-state index in [1.165, 1.54) is 25.3 Å². The Morgan fingerprint density at radius 2 is 2.20 bits per heavy atom. The molecule has 0 saturated carbocycles. The Labute approximate surface area is 122 Å². The summed E-state index contributed by atoms with van der Waals surface area (Å²) in [6.07, 6.45) is 2.45. The van der Waals surface area contributed by atoms with E-state index in [0.29, 0.717) is 12.6 Å². The summed E-state index contributed by atoms with van der Waals surface area (Å²) in [4.78, 5) is 2.51. The van der Waals surface area contributed by atoms with Crippen LogP contribution in [0.5, 0.6) is 0 Å². The number of anilines is 2. The summed E-state index contributed by atoms with van der Waals surface area (Å²) in [5.74, 6) is 1.47. The molecule has 4 nitrogen and oxygen atoms in total. The van der Waals surface area contributed by atoms with Crippen LogP contribution < -0.4 is 16.8 Å². The predicted octanol–water partition coefficient (Wildman–Crippen LogP) is 2.22. The van der Waals surface area contributed by atoms with Gasteiger partial charge in [0.1, 0.15) is 0 Å². The molecule has 0 bridgehead atoms. The molecule has 1 atom stereocenters. The van der Waals surface area contributed by atoms with E-state index in [0.717, 1.165) is 30.0 Å². The maximum absolute atomic E-state index is 6.09. The fraction of sp³-hybridized carbons (Fsp3) is 0.562. The Hall–Kier alpha value is -1.26. The molecule has 20 heavy (non-hydrogen) atoms. The number of benzene rings is 1. The van der Waals surface area contributed by atoms with E-state index in [1.807, 2.05) is 18.2 Å². The molecule has 0 amide bonds. The third-order valence-corrected chi connectivity index (χ3v) is 3.76. The lowest BCUT2D eigenvalue weighted by Gasteiger charge is -2.34. The molecule has 1 aliphatic rings. The summed E-state index contributed by atoms with van der Waals surface area (Å²) < 4.78 is 0. The van der Waals surface area contributed by atoms with Crippen LogP contribution in [-0.4, -0.2) is 30.6 Å². The van der Waals surface area contributed by atoms with Gasteiger partial charge in [-0.2, -0.15) is 0 Å². The number of rotatable bonds is 5. The molecule has 1 aromatic rings. The van der Waals surface area contributed by atoms with Crippen LogP contribution in [0.15, 0.2) is 18.2 Å². The van der Waals surface area contributed by atoms with Crippen LogP contribution in [-0.2, 0) is 6.54 Å². The predicted molar refractivity (Wildman–Crippen MR) is 86.4 cm³/mol. The SMILES string of the molecule is C[C](C)CN1CCC[C@H](Nc2ccc(CN)cc2N)C1. The average molecular weight is 275 g/mol. The van der Waals surface area contributed by atoms with Gasteiger partial charge in [-0.1, -0.05) is 19.9 Å². The van der Waals surface area contributed by atoms with E-state index < -0.39 is 0 Å². The number of nitrogen functional groups attached to an aromatic ring is 1. The summed E-state index contributed by atoms with van der Waals surface area (Å²) in [5, 5.41) is 3.59. The van der Waals surface area contributed by atoms with Gasteiger partial charge < -0.3 is 21.7 Å². The largest absolute Gasteiger partial charge is 0.397 e. The van der Waals surface area contributed by atoms with Crippen molar-refractivity contribution < 1.29 is 0 Å². The Morgan fingerprint density at radius 3 is 2.85 bits per heavy atom. The van der Waals surface area contributed by atoms with Gasteiger partial charge in [0.25, 0.3) is 0 Å². The monoisotopic (exact) mass is 275 g/mol. The maximum Gasteiger partial charge on any atom is 0.0576 e. The van der Waals surface area contributed by atoms with Gasteiger partial charge in [-0.3, -0.25) is 0 Å². The topological polar surface area (TPSA) is 67.3 Å². The zero-order valence-electron chi connectivity index (χ0n) is 12.7. The number of piperidine rings is 1. The quantitative estimate of drug-likeness (QED) is 0.721. The molecule has 1 aliphatic heterocycles. The van der Waals surface area contributed by atoms with E-state index in [2.05, 4.69) is 24.1 Å². The first-order valence-corrected chi connectivity index (χ1v) is 7.45. The van der Waals surface area contributed by atoms with Crippen molar-refractivity contribution in [2.45, 2.75) is 39.3 Å². The van der Waals surface area contributed by atoms with Crippen molar-refractivity contribution in [3.05, 3.63) is 29.7 Å². The Morgan fingerprint density at radius 1 is 1.40 bits per heavy atom. The van der Waals surface area contributed by atoms with E-state index in [9.17, 15) is 0 Å². The lowest BCUT2D eigenvalue weighted by atomic mass is 10.0.